The molecular formula is C19H19ClN4O4. The fourth-order valence-electron chi connectivity index (χ4n) is 3.51. The van der Waals surface area contributed by atoms with E-state index in [4.69, 9.17) is 16.3 Å². The number of rotatable bonds is 2. The molecule has 0 radical (unpaired) electrons. The minimum atomic E-state index is -1.16. The number of aromatic amines is 1. The topological polar surface area (TPSA) is 108 Å². The zero-order valence-electron chi connectivity index (χ0n) is 15.3. The number of carbonyl (C=O) groups is 2. The number of hydrogen-bond acceptors (Lipinski definition) is 4. The Morgan fingerprint density at radius 1 is 1.39 bits per heavy atom. The summed E-state index contributed by atoms with van der Waals surface area (Å²) < 4.78 is 5.67. The van der Waals surface area contributed by atoms with Crippen molar-refractivity contribution in [1.82, 2.24) is 14.9 Å². The number of fused-ring (bicyclic) bond motifs is 3. The number of benzene rings is 1. The van der Waals surface area contributed by atoms with Gasteiger partial charge in [-0.15, -0.1) is 0 Å². The van der Waals surface area contributed by atoms with Gasteiger partial charge in [0.25, 0.3) is 0 Å². The fourth-order valence-corrected chi connectivity index (χ4v) is 3.73. The van der Waals surface area contributed by atoms with E-state index in [2.05, 4.69) is 15.3 Å². The Labute approximate surface area is 165 Å². The van der Waals surface area contributed by atoms with Gasteiger partial charge in [0.1, 0.15) is 6.04 Å². The second-order valence-corrected chi connectivity index (χ2v) is 7.84. The average molecular weight is 403 g/mol. The predicted molar refractivity (Wildman–Crippen MR) is 106 cm³/mol. The van der Waals surface area contributed by atoms with Crippen molar-refractivity contribution < 1.29 is 19.4 Å². The Bertz CT molecular complexity index is 1090. The molecule has 8 nitrogen and oxygen atoms in total. The first kappa shape index (κ1) is 18.5. The highest BCUT2D eigenvalue weighted by Gasteiger charge is 2.40. The van der Waals surface area contributed by atoms with Gasteiger partial charge in [0.05, 0.1) is 41.7 Å². The number of morpholine rings is 1. The number of hydrogen-bond donors (Lipinski definition) is 3. The molecule has 0 unspecified atom stereocenters. The van der Waals surface area contributed by atoms with Gasteiger partial charge in [0.15, 0.2) is 0 Å². The van der Waals surface area contributed by atoms with Crippen LogP contribution in [-0.4, -0.2) is 56.8 Å². The van der Waals surface area contributed by atoms with Gasteiger partial charge in [0, 0.05) is 22.0 Å². The second-order valence-electron chi connectivity index (χ2n) is 7.41. The maximum atomic E-state index is 12.9. The van der Waals surface area contributed by atoms with Gasteiger partial charge in [-0.1, -0.05) is 11.6 Å². The van der Waals surface area contributed by atoms with Crippen molar-refractivity contribution in [3.63, 3.8) is 0 Å². The highest BCUT2D eigenvalue weighted by atomic mass is 35.5. The summed E-state index contributed by atoms with van der Waals surface area (Å²) in [5.41, 5.74) is 1.33. The van der Waals surface area contributed by atoms with Gasteiger partial charge in [-0.2, -0.15) is 0 Å². The summed E-state index contributed by atoms with van der Waals surface area (Å²) in [6, 6.07) is 4.34. The summed E-state index contributed by atoms with van der Waals surface area (Å²) in [5, 5.41) is 14.6. The number of anilines is 1. The highest BCUT2D eigenvalue weighted by molar-refractivity contribution is 6.33. The van der Waals surface area contributed by atoms with Crippen LogP contribution in [0.2, 0.25) is 5.02 Å². The molecule has 146 valence electrons. The average Bonchev–Trinajstić information content (AvgIpc) is 2.99. The molecule has 9 heteroatoms. The van der Waals surface area contributed by atoms with E-state index in [-0.39, 0.29) is 13.2 Å². The molecule has 4 rings (SSSR count). The summed E-state index contributed by atoms with van der Waals surface area (Å²) in [5.74, 6) is -0.474. The van der Waals surface area contributed by atoms with Gasteiger partial charge >= 0.3 is 6.09 Å². The normalized spacial score (nSPS) is 19.1. The van der Waals surface area contributed by atoms with E-state index in [1.807, 2.05) is 6.07 Å². The third kappa shape index (κ3) is 3.25. The molecule has 3 aromatic rings. The Morgan fingerprint density at radius 2 is 2.18 bits per heavy atom. The zero-order chi connectivity index (χ0) is 20.1. The first-order valence-electron chi connectivity index (χ1n) is 8.74. The summed E-state index contributed by atoms with van der Waals surface area (Å²) in [4.78, 5) is 33.0. The molecule has 1 aromatic carbocycles. The second kappa shape index (κ2) is 6.65. The van der Waals surface area contributed by atoms with Crippen molar-refractivity contribution in [1.29, 1.82) is 0 Å². The number of carboxylic acid groups (broad SMARTS) is 1. The molecule has 0 spiro atoms. The maximum Gasteiger partial charge on any atom is 0.408 e. The minimum Gasteiger partial charge on any atom is -0.465 e. The lowest BCUT2D eigenvalue weighted by atomic mass is 10.0. The summed E-state index contributed by atoms with van der Waals surface area (Å²) >= 11 is 6.26. The van der Waals surface area contributed by atoms with Gasteiger partial charge in [-0.05, 0) is 32.0 Å². The zero-order valence-corrected chi connectivity index (χ0v) is 16.1. The summed E-state index contributed by atoms with van der Waals surface area (Å²) in [7, 11) is 0. The van der Waals surface area contributed by atoms with Gasteiger partial charge in [0.2, 0.25) is 5.91 Å². The first-order chi connectivity index (χ1) is 13.2. The largest absolute Gasteiger partial charge is 0.465 e. The minimum absolute atomic E-state index is 0.0224. The molecular weight excluding hydrogens is 384 g/mol. The van der Waals surface area contributed by atoms with Crippen LogP contribution in [0.4, 0.5) is 10.5 Å². The molecule has 2 amide bonds. The van der Waals surface area contributed by atoms with Crippen LogP contribution in [-0.2, 0) is 9.53 Å². The molecule has 2 aromatic heterocycles. The van der Waals surface area contributed by atoms with E-state index < -0.39 is 23.6 Å². The summed E-state index contributed by atoms with van der Waals surface area (Å²) in [6.45, 7) is 3.65. The van der Waals surface area contributed by atoms with Gasteiger partial charge in [-0.25, -0.2) is 4.79 Å². The first-order valence-corrected chi connectivity index (χ1v) is 9.12. The van der Waals surface area contributed by atoms with Crippen LogP contribution in [0.5, 0.6) is 0 Å². The van der Waals surface area contributed by atoms with E-state index in [9.17, 15) is 14.7 Å². The molecule has 1 aliphatic heterocycles. The van der Waals surface area contributed by atoms with Crippen molar-refractivity contribution in [2.45, 2.75) is 25.5 Å². The van der Waals surface area contributed by atoms with Crippen LogP contribution in [0.3, 0.4) is 0 Å². The molecule has 1 atom stereocenters. The Kier molecular flexibility index (Phi) is 4.40. The molecule has 0 bridgehead atoms. The van der Waals surface area contributed by atoms with Gasteiger partial charge < -0.3 is 20.1 Å². The number of amides is 2. The highest BCUT2D eigenvalue weighted by Crippen LogP contribution is 2.33. The molecule has 28 heavy (non-hydrogen) atoms. The van der Waals surface area contributed by atoms with Gasteiger partial charge in [-0.3, -0.25) is 14.7 Å². The van der Waals surface area contributed by atoms with Crippen LogP contribution in [0, 0.1) is 0 Å². The Morgan fingerprint density at radius 3 is 2.93 bits per heavy atom. The van der Waals surface area contributed by atoms with E-state index in [0.717, 1.165) is 21.2 Å². The quantitative estimate of drug-likeness (QED) is 0.608. The van der Waals surface area contributed by atoms with Crippen LogP contribution >= 0.6 is 11.6 Å². The van der Waals surface area contributed by atoms with Crippen molar-refractivity contribution in [2.75, 3.05) is 18.5 Å². The van der Waals surface area contributed by atoms with Crippen molar-refractivity contribution in [2.24, 2.45) is 0 Å². The molecule has 3 heterocycles. The third-order valence-corrected chi connectivity index (χ3v) is 5.06. The number of nitrogens with one attached hydrogen (secondary N) is 2. The Balaban J connectivity index is 1.69. The molecule has 0 aliphatic carbocycles. The number of aromatic nitrogens is 2. The molecule has 3 N–H and O–H groups in total. The molecule has 1 aliphatic rings. The number of nitrogens with zero attached hydrogens (tertiary/aromatic N) is 2. The Hall–Kier alpha value is -2.84. The number of carbonyl (C=O) groups excluding carboxylic acids is 1. The molecule has 1 saturated heterocycles. The van der Waals surface area contributed by atoms with E-state index >= 15 is 0 Å². The van der Waals surface area contributed by atoms with Crippen LogP contribution in [0.15, 0.2) is 30.6 Å². The standard InChI is InChI=1S/C19H19ClN4O4/c1-19(2)9-24(18(26)27)15(8-28-19)17(25)23-13-6-10(20)5-12-11-3-4-21-7-14(11)22-16(12)13/h3-7,15,22H,8-9H2,1-2H3,(H,23,25)(H,26,27)/t15-/m0/s1. The molecule has 0 saturated carbocycles. The van der Waals surface area contributed by atoms with Crippen LogP contribution in [0.1, 0.15) is 13.8 Å². The maximum absolute atomic E-state index is 12.9. The van der Waals surface area contributed by atoms with Crippen LogP contribution in [0.25, 0.3) is 21.8 Å². The van der Waals surface area contributed by atoms with E-state index in [1.54, 1.807) is 38.4 Å². The summed E-state index contributed by atoms with van der Waals surface area (Å²) in [6.07, 6.45) is 2.21. The van der Waals surface area contributed by atoms with Crippen molar-refractivity contribution >= 4 is 51.1 Å². The number of H-pyrrole nitrogens is 1. The lowest BCUT2D eigenvalue weighted by molar-refractivity contribution is -0.139. The monoisotopic (exact) mass is 402 g/mol. The SMILES string of the molecule is CC1(C)CN(C(=O)O)[C@H](C(=O)Nc2cc(Cl)cc3c2[nH]c2cnccc23)CO1. The smallest absolute Gasteiger partial charge is 0.408 e. The number of halogens is 1. The van der Waals surface area contributed by atoms with E-state index in [0.29, 0.717) is 16.2 Å². The van der Waals surface area contributed by atoms with E-state index in [1.165, 1.54) is 0 Å². The molecule has 1 fully saturated rings. The van der Waals surface area contributed by atoms with Crippen LogP contribution < -0.4 is 5.32 Å². The van der Waals surface area contributed by atoms with Crippen molar-refractivity contribution in [3.8, 4) is 0 Å². The third-order valence-electron chi connectivity index (χ3n) is 4.84. The number of ether oxygens (including phenoxy) is 1. The van der Waals surface area contributed by atoms with Crippen molar-refractivity contribution in [3.05, 3.63) is 35.6 Å². The lowest BCUT2D eigenvalue weighted by Gasteiger charge is -2.41. The number of pyridine rings is 1. The predicted octanol–water partition coefficient (Wildman–Crippen LogP) is 3.47. The fraction of sp³-hybridized carbons (Fsp3) is 0.316. The lowest BCUT2D eigenvalue weighted by Crippen LogP contribution is -2.59.